The second-order valence-electron chi connectivity index (χ2n) is 5.46. The highest BCUT2D eigenvalue weighted by Gasteiger charge is 2.24. The summed E-state index contributed by atoms with van der Waals surface area (Å²) in [5.41, 5.74) is 7.08. The maximum atomic E-state index is 6.02. The Labute approximate surface area is 104 Å². The van der Waals surface area contributed by atoms with Crippen LogP contribution >= 0.6 is 0 Å². The second kappa shape index (κ2) is 5.21. The molecular weight excluding hydrogens is 210 g/mol. The van der Waals surface area contributed by atoms with Gasteiger partial charge in [0, 0.05) is 13.1 Å². The van der Waals surface area contributed by atoms with Crippen LogP contribution in [-0.4, -0.2) is 23.9 Å². The van der Waals surface area contributed by atoms with Gasteiger partial charge in [0.25, 0.3) is 0 Å². The van der Waals surface area contributed by atoms with E-state index in [0.29, 0.717) is 12.0 Å². The van der Waals surface area contributed by atoms with Gasteiger partial charge in [0.05, 0.1) is 5.69 Å². The van der Waals surface area contributed by atoms with Crippen molar-refractivity contribution in [2.75, 3.05) is 7.05 Å². The predicted molar refractivity (Wildman–Crippen MR) is 74.4 cm³/mol. The van der Waals surface area contributed by atoms with E-state index in [1.54, 1.807) is 0 Å². The summed E-state index contributed by atoms with van der Waals surface area (Å²) >= 11 is 0. The van der Waals surface area contributed by atoms with E-state index in [-0.39, 0.29) is 5.41 Å². The number of nitrogens with two attached hydrogens (primary N) is 1. The van der Waals surface area contributed by atoms with E-state index in [1.807, 2.05) is 42.3 Å². The topological polar surface area (TPSA) is 41.6 Å². The van der Waals surface area contributed by atoms with E-state index in [9.17, 15) is 0 Å². The van der Waals surface area contributed by atoms with Gasteiger partial charge in [0.2, 0.25) is 0 Å². The Morgan fingerprint density at radius 1 is 1.24 bits per heavy atom. The van der Waals surface area contributed by atoms with Crippen LogP contribution in [0.5, 0.6) is 0 Å². The molecule has 3 nitrogen and oxygen atoms in total. The molecule has 0 aromatic heterocycles. The molecule has 0 radical (unpaired) electrons. The molecular formula is C14H23N3. The fraction of sp³-hybridized carbons (Fsp3) is 0.500. The summed E-state index contributed by atoms with van der Waals surface area (Å²) in [5.74, 6) is 0.554. The Morgan fingerprint density at radius 3 is 2.24 bits per heavy atom. The van der Waals surface area contributed by atoms with Crippen LogP contribution in [0.2, 0.25) is 0 Å². The van der Waals surface area contributed by atoms with Gasteiger partial charge < -0.3 is 10.6 Å². The summed E-state index contributed by atoms with van der Waals surface area (Å²) < 4.78 is 0. The van der Waals surface area contributed by atoms with Crippen LogP contribution in [0.25, 0.3) is 0 Å². The maximum Gasteiger partial charge on any atom is 0.196 e. The molecule has 0 spiro atoms. The molecule has 0 aliphatic heterocycles. The highest BCUT2D eigenvalue weighted by molar-refractivity contribution is 5.81. The molecule has 0 saturated heterocycles. The monoisotopic (exact) mass is 233 g/mol. The normalized spacial score (nSPS) is 14.5. The summed E-state index contributed by atoms with van der Waals surface area (Å²) in [4.78, 5) is 6.43. The Bertz CT molecular complexity index is 376. The molecule has 3 heteroatoms. The number of guanidine groups is 1. The van der Waals surface area contributed by atoms with Crippen molar-refractivity contribution in [3.63, 3.8) is 0 Å². The fourth-order valence-electron chi connectivity index (χ4n) is 1.49. The third-order valence-electron chi connectivity index (χ3n) is 3.20. The molecule has 0 saturated carbocycles. The lowest BCUT2D eigenvalue weighted by atomic mass is 9.87. The highest BCUT2D eigenvalue weighted by Crippen LogP contribution is 2.23. The Morgan fingerprint density at radius 2 is 1.76 bits per heavy atom. The van der Waals surface area contributed by atoms with E-state index < -0.39 is 0 Å². The lowest BCUT2D eigenvalue weighted by Gasteiger charge is -2.35. The summed E-state index contributed by atoms with van der Waals surface area (Å²) in [7, 11) is 1.98. The standard InChI is InChI=1S/C14H23N3/c1-11(14(2,3)4)17(5)13(15)16-12-9-7-6-8-10-12/h6-11H,1-5H3,(H2,15,16). The minimum Gasteiger partial charge on any atom is -0.369 e. The molecule has 0 aliphatic rings. The summed E-state index contributed by atoms with van der Waals surface area (Å²) in [6.07, 6.45) is 0. The summed E-state index contributed by atoms with van der Waals surface area (Å²) in [6, 6.07) is 10.1. The van der Waals surface area contributed by atoms with Gasteiger partial charge in [0.15, 0.2) is 5.96 Å². The van der Waals surface area contributed by atoms with Crippen LogP contribution in [0.15, 0.2) is 35.3 Å². The zero-order valence-corrected chi connectivity index (χ0v) is 11.4. The van der Waals surface area contributed by atoms with Crippen molar-refractivity contribution in [1.82, 2.24) is 4.90 Å². The van der Waals surface area contributed by atoms with Gasteiger partial charge in [-0.1, -0.05) is 39.0 Å². The smallest absolute Gasteiger partial charge is 0.196 e. The predicted octanol–water partition coefficient (Wildman–Crippen LogP) is 3.00. The van der Waals surface area contributed by atoms with Crippen molar-refractivity contribution in [2.24, 2.45) is 16.1 Å². The zero-order chi connectivity index (χ0) is 13.1. The number of para-hydroxylation sites is 1. The van der Waals surface area contributed by atoms with E-state index >= 15 is 0 Å². The average Bonchev–Trinajstić information content (AvgIpc) is 2.27. The largest absolute Gasteiger partial charge is 0.369 e. The second-order valence-corrected chi connectivity index (χ2v) is 5.46. The van der Waals surface area contributed by atoms with Gasteiger partial charge in [-0.25, -0.2) is 4.99 Å². The first kappa shape index (κ1) is 13.6. The molecule has 0 aliphatic carbocycles. The molecule has 1 atom stereocenters. The van der Waals surface area contributed by atoms with Crippen LogP contribution in [0.4, 0.5) is 5.69 Å². The van der Waals surface area contributed by atoms with E-state index in [0.717, 1.165) is 5.69 Å². The molecule has 17 heavy (non-hydrogen) atoms. The van der Waals surface area contributed by atoms with Crippen molar-refractivity contribution >= 4 is 11.6 Å². The van der Waals surface area contributed by atoms with Crippen LogP contribution in [0.1, 0.15) is 27.7 Å². The van der Waals surface area contributed by atoms with Crippen molar-refractivity contribution in [3.8, 4) is 0 Å². The van der Waals surface area contributed by atoms with E-state index in [4.69, 9.17) is 5.73 Å². The lowest BCUT2D eigenvalue weighted by molar-refractivity contribution is 0.207. The van der Waals surface area contributed by atoms with Crippen LogP contribution < -0.4 is 5.73 Å². The van der Waals surface area contributed by atoms with Gasteiger partial charge in [-0.2, -0.15) is 0 Å². The third-order valence-corrected chi connectivity index (χ3v) is 3.20. The number of hydrogen-bond acceptors (Lipinski definition) is 1. The number of rotatable bonds is 2. The first-order valence-corrected chi connectivity index (χ1v) is 5.94. The Kier molecular flexibility index (Phi) is 4.16. The average molecular weight is 233 g/mol. The maximum absolute atomic E-state index is 6.02. The molecule has 0 heterocycles. The fourth-order valence-corrected chi connectivity index (χ4v) is 1.49. The summed E-state index contributed by atoms with van der Waals surface area (Å²) in [5, 5.41) is 0. The van der Waals surface area contributed by atoms with Crippen molar-refractivity contribution in [3.05, 3.63) is 30.3 Å². The number of nitrogens with zero attached hydrogens (tertiary/aromatic N) is 2. The van der Waals surface area contributed by atoms with E-state index in [1.165, 1.54) is 0 Å². The van der Waals surface area contributed by atoms with Crippen molar-refractivity contribution in [1.29, 1.82) is 0 Å². The molecule has 0 fully saturated rings. The first-order chi connectivity index (χ1) is 7.82. The van der Waals surface area contributed by atoms with Gasteiger partial charge in [0.1, 0.15) is 0 Å². The van der Waals surface area contributed by atoms with Crippen molar-refractivity contribution < 1.29 is 0 Å². The number of aliphatic imine (C=N–C) groups is 1. The Hall–Kier alpha value is -1.51. The molecule has 0 amide bonds. The van der Waals surface area contributed by atoms with E-state index in [2.05, 4.69) is 32.7 Å². The van der Waals surface area contributed by atoms with Gasteiger partial charge in [-0.3, -0.25) is 0 Å². The van der Waals surface area contributed by atoms with Gasteiger partial charge >= 0.3 is 0 Å². The zero-order valence-electron chi connectivity index (χ0n) is 11.4. The third kappa shape index (κ3) is 3.77. The SMILES string of the molecule is CC(N(C)C(N)=Nc1ccccc1)C(C)(C)C. The Balaban J connectivity index is 2.83. The van der Waals surface area contributed by atoms with Crippen LogP contribution in [0, 0.1) is 5.41 Å². The van der Waals surface area contributed by atoms with Gasteiger partial charge in [-0.15, -0.1) is 0 Å². The summed E-state index contributed by atoms with van der Waals surface area (Å²) in [6.45, 7) is 8.76. The van der Waals surface area contributed by atoms with Gasteiger partial charge in [-0.05, 0) is 24.5 Å². The minimum absolute atomic E-state index is 0.172. The molecule has 1 aromatic carbocycles. The molecule has 2 N–H and O–H groups in total. The molecule has 94 valence electrons. The highest BCUT2D eigenvalue weighted by atomic mass is 15.3. The minimum atomic E-state index is 0.172. The first-order valence-electron chi connectivity index (χ1n) is 5.94. The molecule has 1 unspecified atom stereocenters. The number of benzene rings is 1. The molecule has 1 aromatic rings. The number of hydrogen-bond donors (Lipinski definition) is 1. The quantitative estimate of drug-likeness (QED) is 0.630. The molecule has 0 bridgehead atoms. The lowest BCUT2D eigenvalue weighted by Crippen LogP contribution is -2.46. The van der Waals surface area contributed by atoms with Crippen molar-refractivity contribution in [2.45, 2.75) is 33.7 Å². The van der Waals surface area contributed by atoms with Crippen LogP contribution in [0.3, 0.4) is 0 Å². The molecule has 1 rings (SSSR count). The van der Waals surface area contributed by atoms with Crippen LogP contribution in [-0.2, 0) is 0 Å².